The number of hydroxylamine groups is 2. The predicted octanol–water partition coefficient (Wildman–Crippen LogP) is 2.63. The van der Waals surface area contributed by atoms with Crippen LogP contribution in [0.2, 0.25) is 0 Å². The molecule has 0 bridgehead atoms. The van der Waals surface area contributed by atoms with Crippen molar-refractivity contribution in [2.24, 2.45) is 0 Å². The third-order valence-electron chi connectivity index (χ3n) is 5.57. The Labute approximate surface area is 194 Å². The summed E-state index contributed by atoms with van der Waals surface area (Å²) < 4.78 is 10.8. The quantitative estimate of drug-likeness (QED) is 0.555. The highest BCUT2D eigenvalue weighted by Crippen LogP contribution is 2.25. The van der Waals surface area contributed by atoms with Crippen LogP contribution in [0.1, 0.15) is 44.7 Å². The Kier molecular flexibility index (Phi) is 6.62. The highest BCUT2D eigenvalue weighted by Gasteiger charge is 2.39. The minimum absolute atomic E-state index is 0.217. The van der Waals surface area contributed by atoms with Crippen LogP contribution >= 0.6 is 0 Å². The SMILES string of the molecule is CC(C)(C)OC(=O)N1CCCC1C(=O)N(Cc1ccccc1)Oc1ccc2c(c1)COB2O. The van der Waals surface area contributed by atoms with Crippen LogP contribution in [0.4, 0.5) is 4.79 Å². The van der Waals surface area contributed by atoms with Crippen molar-refractivity contribution in [2.45, 2.75) is 58.4 Å². The fraction of sp³-hybridized carbons (Fsp3) is 0.417. The van der Waals surface area contributed by atoms with Gasteiger partial charge in [0.25, 0.3) is 5.91 Å². The van der Waals surface area contributed by atoms with Crippen LogP contribution in [0, 0.1) is 0 Å². The van der Waals surface area contributed by atoms with Gasteiger partial charge in [-0.2, -0.15) is 5.06 Å². The number of carbonyl (C=O) groups is 2. The molecule has 1 saturated heterocycles. The zero-order chi connectivity index (χ0) is 23.6. The smallest absolute Gasteiger partial charge is 0.444 e. The van der Waals surface area contributed by atoms with Crippen molar-refractivity contribution in [2.75, 3.05) is 6.54 Å². The van der Waals surface area contributed by atoms with Crippen LogP contribution in [-0.4, -0.2) is 52.3 Å². The lowest BCUT2D eigenvalue weighted by Gasteiger charge is -2.31. The van der Waals surface area contributed by atoms with E-state index in [2.05, 4.69) is 0 Å². The number of amides is 2. The van der Waals surface area contributed by atoms with Gasteiger partial charge in [-0.3, -0.25) is 9.69 Å². The van der Waals surface area contributed by atoms with Crippen molar-refractivity contribution in [1.82, 2.24) is 9.96 Å². The molecule has 174 valence electrons. The number of hydrogen-bond acceptors (Lipinski definition) is 6. The van der Waals surface area contributed by atoms with E-state index in [4.69, 9.17) is 14.2 Å². The molecule has 33 heavy (non-hydrogen) atoms. The van der Waals surface area contributed by atoms with E-state index in [-0.39, 0.29) is 19.1 Å². The van der Waals surface area contributed by atoms with Crippen molar-refractivity contribution in [3.05, 3.63) is 59.7 Å². The Morgan fingerprint density at radius 3 is 2.70 bits per heavy atom. The number of rotatable bonds is 5. The molecular formula is C24H29BN2O6. The first-order chi connectivity index (χ1) is 15.7. The Hall–Kier alpha value is -3.04. The Morgan fingerprint density at radius 2 is 1.97 bits per heavy atom. The van der Waals surface area contributed by atoms with Crippen LogP contribution in [-0.2, 0) is 27.3 Å². The van der Waals surface area contributed by atoms with E-state index in [1.165, 1.54) is 9.96 Å². The predicted molar refractivity (Wildman–Crippen MR) is 122 cm³/mol. The van der Waals surface area contributed by atoms with Crippen molar-refractivity contribution < 1.29 is 28.8 Å². The minimum Gasteiger partial charge on any atom is -0.444 e. The lowest BCUT2D eigenvalue weighted by atomic mass is 9.80. The Bertz CT molecular complexity index is 1010. The van der Waals surface area contributed by atoms with Gasteiger partial charge in [0.2, 0.25) is 0 Å². The summed E-state index contributed by atoms with van der Waals surface area (Å²) in [6.45, 7) is 6.36. The largest absolute Gasteiger partial charge is 0.491 e. The molecule has 0 saturated carbocycles. The van der Waals surface area contributed by atoms with E-state index in [0.717, 1.165) is 11.1 Å². The van der Waals surface area contributed by atoms with Crippen LogP contribution in [0.5, 0.6) is 5.75 Å². The molecule has 0 aromatic heterocycles. The van der Waals surface area contributed by atoms with Gasteiger partial charge in [-0.1, -0.05) is 36.4 Å². The molecule has 2 aromatic rings. The van der Waals surface area contributed by atoms with E-state index < -0.39 is 24.9 Å². The van der Waals surface area contributed by atoms with Gasteiger partial charge in [-0.25, -0.2) is 4.79 Å². The second-order valence-corrected chi connectivity index (χ2v) is 9.31. The summed E-state index contributed by atoms with van der Waals surface area (Å²) in [6.07, 6.45) is 0.751. The molecule has 2 heterocycles. The first-order valence-corrected chi connectivity index (χ1v) is 11.2. The van der Waals surface area contributed by atoms with Gasteiger partial charge in [-0.05, 0) is 62.3 Å². The Morgan fingerprint density at radius 1 is 1.21 bits per heavy atom. The summed E-state index contributed by atoms with van der Waals surface area (Å²) in [5, 5.41) is 11.2. The molecule has 9 heteroatoms. The highest BCUT2D eigenvalue weighted by atomic mass is 16.7. The van der Waals surface area contributed by atoms with E-state index in [1.807, 2.05) is 30.3 Å². The molecule has 4 rings (SSSR count). The Balaban J connectivity index is 1.56. The number of benzene rings is 2. The number of carbonyl (C=O) groups excluding carboxylic acids is 2. The minimum atomic E-state index is -0.947. The summed E-state index contributed by atoms with van der Waals surface area (Å²) in [6, 6.07) is 14.1. The maximum Gasteiger partial charge on any atom is 0.491 e. The molecular weight excluding hydrogens is 423 g/mol. The normalized spacial score (nSPS) is 17.6. The maximum atomic E-state index is 13.6. The third-order valence-corrected chi connectivity index (χ3v) is 5.57. The summed E-state index contributed by atoms with van der Waals surface area (Å²) in [7, 11) is -0.947. The third kappa shape index (κ3) is 5.49. The average molecular weight is 452 g/mol. The number of ether oxygens (including phenoxy) is 1. The molecule has 2 aliphatic rings. The molecule has 1 fully saturated rings. The summed E-state index contributed by atoms with van der Waals surface area (Å²) >= 11 is 0. The topological polar surface area (TPSA) is 88.5 Å². The maximum absolute atomic E-state index is 13.6. The van der Waals surface area contributed by atoms with Gasteiger partial charge in [0.05, 0.1) is 13.2 Å². The van der Waals surface area contributed by atoms with Gasteiger partial charge in [0, 0.05) is 6.54 Å². The molecule has 2 amide bonds. The van der Waals surface area contributed by atoms with Gasteiger partial charge in [0.15, 0.2) is 5.75 Å². The molecule has 1 unspecified atom stereocenters. The van der Waals surface area contributed by atoms with E-state index >= 15 is 0 Å². The second-order valence-electron chi connectivity index (χ2n) is 9.31. The van der Waals surface area contributed by atoms with Crippen LogP contribution in [0.3, 0.4) is 0 Å². The first-order valence-electron chi connectivity index (χ1n) is 11.2. The van der Waals surface area contributed by atoms with Crippen molar-refractivity contribution in [3.63, 3.8) is 0 Å². The van der Waals surface area contributed by atoms with Crippen molar-refractivity contribution >= 4 is 24.6 Å². The van der Waals surface area contributed by atoms with Gasteiger partial charge < -0.3 is 19.3 Å². The molecule has 0 radical (unpaired) electrons. The number of fused-ring (bicyclic) bond motifs is 1. The van der Waals surface area contributed by atoms with Crippen LogP contribution in [0.15, 0.2) is 48.5 Å². The molecule has 0 aliphatic carbocycles. The number of hydrogen-bond donors (Lipinski definition) is 1. The molecule has 2 aromatic carbocycles. The highest BCUT2D eigenvalue weighted by molar-refractivity contribution is 6.61. The standard InChI is InChI=1S/C24H29BN2O6/c1-24(2,3)32-23(29)26-13-7-10-21(26)22(28)27(15-17-8-5-4-6-9-17)33-19-11-12-20-18(14-19)16-31-25(20)30/h4-6,8-9,11-12,14,21,30H,7,10,13,15-16H2,1-3H3. The fourth-order valence-electron chi connectivity index (χ4n) is 4.02. The second kappa shape index (κ2) is 9.45. The van der Waals surface area contributed by atoms with E-state index in [1.54, 1.807) is 39.0 Å². The number of likely N-dealkylation sites (tertiary alicyclic amines) is 1. The van der Waals surface area contributed by atoms with Gasteiger partial charge in [-0.15, -0.1) is 0 Å². The molecule has 1 atom stereocenters. The summed E-state index contributed by atoms with van der Waals surface area (Å²) in [5.74, 6) is 0.150. The van der Waals surface area contributed by atoms with E-state index in [0.29, 0.717) is 30.6 Å². The monoisotopic (exact) mass is 452 g/mol. The first kappa shape index (κ1) is 23.1. The van der Waals surface area contributed by atoms with Gasteiger partial charge in [0.1, 0.15) is 11.6 Å². The summed E-state index contributed by atoms with van der Waals surface area (Å²) in [5.41, 5.74) is 1.75. The fourth-order valence-corrected chi connectivity index (χ4v) is 4.02. The van der Waals surface area contributed by atoms with Crippen molar-refractivity contribution in [1.29, 1.82) is 0 Å². The zero-order valence-corrected chi connectivity index (χ0v) is 19.2. The van der Waals surface area contributed by atoms with E-state index in [9.17, 15) is 14.6 Å². The number of nitrogens with zero attached hydrogens (tertiary/aromatic N) is 2. The molecule has 8 nitrogen and oxygen atoms in total. The molecule has 1 N–H and O–H groups in total. The van der Waals surface area contributed by atoms with Gasteiger partial charge >= 0.3 is 13.2 Å². The molecule has 2 aliphatic heterocycles. The average Bonchev–Trinajstić information content (AvgIpc) is 3.39. The lowest BCUT2D eigenvalue weighted by molar-refractivity contribution is -0.164. The van der Waals surface area contributed by atoms with Crippen molar-refractivity contribution in [3.8, 4) is 5.75 Å². The molecule has 0 spiro atoms. The zero-order valence-electron chi connectivity index (χ0n) is 19.2. The van der Waals surface area contributed by atoms with Crippen LogP contribution < -0.4 is 10.3 Å². The summed E-state index contributed by atoms with van der Waals surface area (Å²) in [4.78, 5) is 33.9. The van der Waals surface area contributed by atoms with Crippen LogP contribution in [0.25, 0.3) is 0 Å². The lowest BCUT2D eigenvalue weighted by Crippen LogP contribution is -2.49.